The maximum atomic E-state index is 12.2. The Bertz CT molecular complexity index is 537. The van der Waals surface area contributed by atoms with Crippen LogP contribution in [-0.4, -0.2) is 35.6 Å². The average molecular weight is 304 g/mol. The summed E-state index contributed by atoms with van der Waals surface area (Å²) in [5.74, 6) is -0.705. The van der Waals surface area contributed by atoms with Crippen LogP contribution in [0.1, 0.15) is 38.7 Å². The van der Waals surface area contributed by atoms with E-state index >= 15 is 0 Å². The summed E-state index contributed by atoms with van der Waals surface area (Å²) in [6.07, 6.45) is 0.321. The molecule has 0 aromatic heterocycles. The van der Waals surface area contributed by atoms with Crippen molar-refractivity contribution in [3.8, 4) is 0 Å². The van der Waals surface area contributed by atoms with E-state index in [0.29, 0.717) is 19.5 Å². The summed E-state index contributed by atoms with van der Waals surface area (Å²) in [6, 6.07) is 9.85. The van der Waals surface area contributed by atoms with Crippen molar-refractivity contribution in [3.05, 3.63) is 35.9 Å². The van der Waals surface area contributed by atoms with Crippen molar-refractivity contribution >= 4 is 12.0 Å². The molecule has 1 aromatic rings. The molecule has 0 radical (unpaired) electrons. The maximum Gasteiger partial charge on any atom is 0.410 e. The van der Waals surface area contributed by atoms with Gasteiger partial charge in [-0.3, -0.25) is 4.79 Å². The molecule has 1 aliphatic heterocycles. The molecule has 0 bridgehead atoms. The van der Waals surface area contributed by atoms with E-state index in [9.17, 15) is 9.59 Å². The number of nitrogens with zero attached hydrogens (tertiary/aromatic N) is 1. The summed E-state index contributed by atoms with van der Waals surface area (Å²) in [5, 5.41) is 0. The van der Waals surface area contributed by atoms with Crippen LogP contribution in [0, 0.1) is 5.92 Å². The number of benzene rings is 1. The third-order valence-electron chi connectivity index (χ3n) is 3.86. The second kappa shape index (κ2) is 6.38. The van der Waals surface area contributed by atoms with Crippen LogP contribution in [0.25, 0.3) is 0 Å². The van der Waals surface area contributed by atoms with Gasteiger partial charge in [0.2, 0.25) is 5.91 Å². The molecular weight excluding hydrogens is 280 g/mol. The fourth-order valence-electron chi connectivity index (χ4n) is 2.83. The minimum atomic E-state index is -0.546. The number of ether oxygens (including phenoxy) is 1. The van der Waals surface area contributed by atoms with Gasteiger partial charge in [0, 0.05) is 13.1 Å². The minimum absolute atomic E-state index is 0.0531. The standard InChI is InChI=1S/C17H24N2O3/c1-17(2,3)22-16(21)19-10-9-13(14(11-19)15(18)20)12-7-5-4-6-8-12/h4-8,13-14H,9-11H2,1-3H3,(H2,18,20). The lowest BCUT2D eigenvalue weighted by Crippen LogP contribution is -2.48. The molecule has 5 heteroatoms. The predicted molar refractivity (Wildman–Crippen MR) is 84.3 cm³/mol. The number of primary amides is 1. The van der Waals surface area contributed by atoms with Crippen LogP contribution in [0.2, 0.25) is 0 Å². The number of carbonyl (C=O) groups excluding carboxylic acids is 2. The minimum Gasteiger partial charge on any atom is -0.444 e. The highest BCUT2D eigenvalue weighted by molar-refractivity contribution is 5.79. The number of nitrogens with two attached hydrogens (primary N) is 1. The van der Waals surface area contributed by atoms with Crippen LogP contribution in [-0.2, 0) is 9.53 Å². The monoisotopic (exact) mass is 304 g/mol. The molecule has 1 aromatic carbocycles. The molecule has 0 spiro atoms. The largest absolute Gasteiger partial charge is 0.444 e. The molecule has 1 saturated heterocycles. The molecule has 1 aliphatic rings. The van der Waals surface area contributed by atoms with Crippen molar-refractivity contribution in [1.29, 1.82) is 0 Å². The number of rotatable bonds is 2. The van der Waals surface area contributed by atoms with Gasteiger partial charge in [0.05, 0.1) is 5.92 Å². The van der Waals surface area contributed by atoms with Crippen LogP contribution >= 0.6 is 0 Å². The van der Waals surface area contributed by atoms with Crippen molar-refractivity contribution in [1.82, 2.24) is 4.90 Å². The first-order chi connectivity index (χ1) is 10.3. The number of piperidine rings is 1. The molecule has 0 saturated carbocycles. The first-order valence-electron chi connectivity index (χ1n) is 7.60. The fourth-order valence-corrected chi connectivity index (χ4v) is 2.83. The molecule has 1 fully saturated rings. The summed E-state index contributed by atoms with van der Waals surface area (Å²) >= 11 is 0. The molecule has 2 unspecified atom stereocenters. The number of amides is 2. The Labute approximate surface area is 131 Å². The van der Waals surface area contributed by atoms with Gasteiger partial charge in [-0.05, 0) is 38.7 Å². The van der Waals surface area contributed by atoms with E-state index in [4.69, 9.17) is 10.5 Å². The highest BCUT2D eigenvalue weighted by Crippen LogP contribution is 2.33. The van der Waals surface area contributed by atoms with Crippen LogP contribution in [0.15, 0.2) is 30.3 Å². The zero-order chi connectivity index (χ0) is 16.3. The van der Waals surface area contributed by atoms with Gasteiger partial charge in [-0.15, -0.1) is 0 Å². The van der Waals surface area contributed by atoms with Gasteiger partial charge < -0.3 is 15.4 Å². The first-order valence-corrected chi connectivity index (χ1v) is 7.60. The molecule has 5 nitrogen and oxygen atoms in total. The molecule has 2 atom stereocenters. The second-order valence-electron chi connectivity index (χ2n) is 6.74. The predicted octanol–water partition coefficient (Wildman–Crippen LogP) is 2.51. The summed E-state index contributed by atoms with van der Waals surface area (Å²) < 4.78 is 5.38. The summed E-state index contributed by atoms with van der Waals surface area (Å²) in [5.41, 5.74) is 6.11. The Morgan fingerprint density at radius 3 is 2.41 bits per heavy atom. The number of carbonyl (C=O) groups is 2. The van der Waals surface area contributed by atoms with E-state index in [2.05, 4.69) is 0 Å². The lowest BCUT2D eigenvalue weighted by molar-refractivity contribution is -0.124. The molecule has 2 rings (SSSR count). The van der Waals surface area contributed by atoms with E-state index in [1.807, 2.05) is 51.1 Å². The number of hydrogen-bond donors (Lipinski definition) is 1. The van der Waals surface area contributed by atoms with Crippen LogP contribution in [0.5, 0.6) is 0 Å². The van der Waals surface area contributed by atoms with Crippen molar-refractivity contribution < 1.29 is 14.3 Å². The van der Waals surface area contributed by atoms with Crippen LogP contribution < -0.4 is 5.73 Å². The average Bonchev–Trinajstić information content (AvgIpc) is 2.45. The zero-order valence-electron chi connectivity index (χ0n) is 13.4. The Balaban J connectivity index is 2.12. The number of likely N-dealkylation sites (tertiary alicyclic amines) is 1. The quantitative estimate of drug-likeness (QED) is 0.912. The molecular formula is C17H24N2O3. The van der Waals surface area contributed by atoms with Gasteiger partial charge in [0.15, 0.2) is 0 Å². The van der Waals surface area contributed by atoms with Gasteiger partial charge in [-0.2, -0.15) is 0 Å². The molecule has 120 valence electrons. The zero-order valence-corrected chi connectivity index (χ0v) is 13.4. The molecule has 2 amide bonds. The first kappa shape index (κ1) is 16.3. The Kier molecular flexibility index (Phi) is 4.74. The van der Waals surface area contributed by atoms with E-state index in [0.717, 1.165) is 5.56 Å². The normalized spacial score (nSPS) is 22.2. The van der Waals surface area contributed by atoms with Crippen LogP contribution in [0.4, 0.5) is 4.79 Å². The summed E-state index contributed by atoms with van der Waals surface area (Å²) in [7, 11) is 0. The third kappa shape index (κ3) is 4.00. The highest BCUT2D eigenvalue weighted by Gasteiger charge is 2.37. The van der Waals surface area contributed by atoms with E-state index < -0.39 is 5.60 Å². The topological polar surface area (TPSA) is 72.6 Å². The smallest absolute Gasteiger partial charge is 0.410 e. The van der Waals surface area contributed by atoms with Crippen molar-refractivity contribution in [2.75, 3.05) is 13.1 Å². The second-order valence-corrected chi connectivity index (χ2v) is 6.74. The molecule has 1 heterocycles. The molecule has 22 heavy (non-hydrogen) atoms. The highest BCUT2D eigenvalue weighted by atomic mass is 16.6. The summed E-state index contributed by atoms with van der Waals surface area (Å²) in [4.78, 5) is 25.6. The molecule has 0 aliphatic carbocycles. The van der Waals surface area contributed by atoms with Gasteiger partial charge in [0.25, 0.3) is 0 Å². The lowest BCUT2D eigenvalue weighted by Gasteiger charge is -2.37. The van der Waals surface area contributed by atoms with Gasteiger partial charge in [-0.1, -0.05) is 30.3 Å². The van der Waals surface area contributed by atoms with E-state index in [-0.39, 0.29) is 23.8 Å². The number of hydrogen-bond acceptors (Lipinski definition) is 3. The Morgan fingerprint density at radius 2 is 1.86 bits per heavy atom. The van der Waals surface area contributed by atoms with E-state index in [1.54, 1.807) is 4.90 Å². The summed E-state index contributed by atoms with van der Waals surface area (Å²) in [6.45, 7) is 6.36. The van der Waals surface area contributed by atoms with Gasteiger partial charge in [0.1, 0.15) is 5.60 Å². The molecule has 2 N–H and O–H groups in total. The van der Waals surface area contributed by atoms with Gasteiger partial charge in [-0.25, -0.2) is 4.79 Å². The van der Waals surface area contributed by atoms with Gasteiger partial charge >= 0.3 is 6.09 Å². The van der Waals surface area contributed by atoms with Crippen molar-refractivity contribution in [2.24, 2.45) is 11.7 Å². The van der Waals surface area contributed by atoms with Crippen molar-refractivity contribution in [3.63, 3.8) is 0 Å². The third-order valence-corrected chi connectivity index (χ3v) is 3.86. The van der Waals surface area contributed by atoms with Crippen LogP contribution in [0.3, 0.4) is 0 Å². The SMILES string of the molecule is CC(C)(C)OC(=O)N1CCC(c2ccccc2)C(C(N)=O)C1. The maximum absolute atomic E-state index is 12.2. The fraction of sp³-hybridized carbons (Fsp3) is 0.529. The van der Waals surface area contributed by atoms with Crippen molar-refractivity contribution in [2.45, 2.75) is 38.7 Å². The Morgan fingerprint density at radius 1 is 1.23 bits per heavy atom. The van der Waals surface area contributed by atoms with E-state index in [1.165, 1.54) is 0 Å². The Hall–Kier alpha value is -2.04. The lowest BCUT2D eigenvalue weighted by atomic mass is 9.80.